The van der Waals surface area contributed by atoms with Gasteiger partial charge in [0.2, 0.25) is 5.91 Å². The minimum Gasteiger partial charge on any atom is -0.469 e. The van der Waals surface area contributed by atoms with Crippen LogP contribution in [-0.4, -0.2) is 37.5 Å². The summed E-state index contributed by atoms with van der Waals surface area (Å²) >= 11 is 0. The fourth-order valence-electron chi connectivity index (χ4n) is 1.58. The molecule has 0 spiro atoms. The molecular formula is C15H18FNO3. The molecule has 1 aromatic carbocycles. The van der Waals surface area contributed by atoms with Gasteiger partial charge in [-0.3, -0.25) is 9.59 Å². The van der Waals surface area contributed by atoms with Crippen molar-refractivity contribution in [2.45, 2.75) is 12.8 Å². The fourth-order valence-corrected chi connectivity index (χ4v) is 1.58. The average Bonchev–Trinajstić information content (AvgIpc) is 2.44. The van der Waals surface area contributed by atoms with Gasteiger partial charge in [-0.1, -0.05) is 12.1 Å². The minimum atomic E-state index is -0.342. The molecule has 5 heteroatoms. The SMILES string of the molecule is COC(=O)CCCN(C)C(=O)/C=C/c1cccc(F)c1. The first-order chi connectivity index (χ1) is 9.52. The second-order valence-corrected chi connectivity index (χ2v) is 4.33. The van der Waals surface area contributed by atoms with Gasteiger partial charge < -0.3 is 9.64 Å². The lowest BCUT2D eigenvalue weighted by Crippen LogP contribution is -2.26. The zero-order chi connectivity index (χ0) is 15.0. The summed E-state index contributed by atoms with van der Waals surface area (Å²) in [6, 6.07) is 5.99. The average molecular weight is 279 g/mol. The van der Waals surface area contributed by atoms with Crippen LogP contribution in [0, 0.1) is 5.82 Å². The molecule has 1 aromatic rings. The summed E-state index contributed by atoms with van der Waals surface area (Å²) < 4.78 is 17.5. The number of benzene rings is 1. The van der Waals surface area contributed by atoms with E-state index in [1.165, 1.54) is 30.2 Å². The third-order valence-electron chi connectivity index (χ3n) is 2.75. The van der Waals surface area contributed by atoms with Gasteiger partial charge in [0.05, 0.1) is 7.11 Å². The molecule has 0 aromatic heterocycles. The van der Waals surface area contributed by atoms with Crippen molar-refractivity contribution in [1.82, 2.24) is 4.90 Å². The van der Waals surface area contributed by atoms with Crippen LogP contribution in [0.15, 0.2) is 30.3 Å². The van der Waals surface area contributed by atoms with E-state index in [-0.39, 0.29) is 24.1 Å². The molecule has 0 aliphatic heterocycles. The molecule has 0 fully saturated rings. The van der Waals surface area contributed by atoms with Gasteiger partial charge >= 0.3 is 5.97 Å². The first-order valence-electron chi connectivity index (χ1n) is 6.28. The van der Waals surface area contributed by atoms with E-state index in [9.17, 15) is 14.0 Å². The highest BCUT2D eigenvalue weighted by atomic mass is 19.1. The zero-order valence-corrected chi connectivity index (χ0v) is 11.6. The molecule has 4 nitrogen and oxygen atoms in total. The Hall–Kier alpha value is -2.17. The number of carbonyl (C=O) groups excluding carboxylic acids is 2. The third kappa shape index (κ3) is 5.65. The van der Waals surface area contributed by atoms with E-state index < -0.39 is 0 Å². The van der Waals surface area contributed by atoms with E-state index in [1.54, 1.807) is 25.3 Å². The Morgan fingerprint density at radius 2 is 2.15 bits per heavy atom. The van der Waals surface area contributed by atoms with Crippen molar-refractivity contribution in [3.8, 4) is 0 Å². The van der Waals surface area contributed by atoms with Crippen LogP contribution in [-0.2, 0) is 14.3 Å². The molecule has 0 aliphatic rings. The molecule has 0 saturated carbocycles. The lowest BCUT2D eigenvalue weighted by Gasteiger charge is -2.14. The maximum Gasteiger partial charge on any atom is 0.305 e. The third-order valence-corrected chi connectivity index (χ3v) is 2.75. The van der Waals surface area contributed by atoms with Crippen molar-refractivity contribution in [1.29, 1.82) is 0 Å². The van der Waals surface area contributed by atoms with E-state index in [4.69, 9.17) is 0 Å². The van der Waals surface area contributed by atoms with Gasteiger partial charge in [-0.15, -0.1) is 0 Å². The maximum atomic E-state index is 13.0. The van der Waals surface area contributed by atoms with Gasteiger partial charge in [-0.25, -0.2) is 4.39 Å². The second-order valence-electron chi connectivity index (χ2n) is 4.33. The van der Waals surface area contributed by atoms with Crippen LogP contribution in [0.4, 0.5) is 4.39 Å². The largest absolute Gasteiger partial charge is 0.469 e. The molecule has 108 valence electrons. The number of halogens is 1. The van der Waals surface area contributed by atoms with Crippen molar-refractivity contribution in [3.05, 3.63) is 41.7 Å². The number of hydrogen-bond donors (Lipinski definition) is 0. The summed E-state index contributed by atoms with van der Waals surface area (Å²) in [7, 11) is 2.98. The van der Waals surface area contributed by atoms with Crippen LogP contribution in [0.5, 0.6) is 0 Å². The van der Waals surface area contributed by atoms with Crippen LogP contribution in [0.2, 0.25) is 0 Å². The van der Waals surface area contributed by atoms with E-state index in [1.807, 2.05) is 0 Å². The van der Waals surface area contributed by atoms with Crippen molar-refractivity contribution in [3.63, 3.8) is 0 Å². The maximum absolute atomic E-state index is 13.0. The predicted octanol–water partition coefficient (Wildman–Crippen LogP) is 2.25. The minimum absolute atomic E-state index is 0.195. The Morgan fingerprint density at radius 3 is 2.80 bits per heavy atom. The highest BCUT2D eigenvalue weighted by molar-refractivity contribution is 5.91. The topological polar surface area (TPSA) is 46.6 Å². The number of nitrogens with zero attached hydrogens (tertiary/aromatic N) is 1. The summed E-state index contributed by atoms with van der Waals surface area (Å²) in [6.45, 7) is 0.460. The summed E-state index contributed by atoms with van der Waals surface area (Å²) in [5.74, 6) is -0.827. The molecular weight excluding hydrogens is 261 g/mol. The van der Waals surface area contributed by atoms with E-state index in [0.29, 0.717) is 18.5 Å². The number of likely N-dealkylation sites (N-methyl/N-ethyl adjacent to an activating group) is 1. The second kappa shape index (κ2) is 8.09. The lowest BCUT2D eigenvalue weighted by atomic mass is 10.2. The van der Waals surface area contributed by atoms with Crippen molar-refractivity contribution >= 4 is 18.0 Å². The van der Waals surface area contributed by atoms with Gasteiger partial charge in [0.1, 0.15) is 5.82 Å². The molecule has 0 saturated heterocycles. The molecule has 1 amide bonds. The monoisotopic (exact) mass is 279 g/mol. The van der Waals surface area contributed by atoms with Crippen LogP contribution in [0.25, 0.3) is 6.08 Å². The first kappa shape index (κ1) is 15.9. The van der Waals surface area contributed by atoms with E-state index in [2.05, 4.69) is 4.74 Å². The summed E-state index contributed by atoms with van der Waals surface area (Å²) in [5.41, 5.74) is 0.626. The van der Waals surface area contributed by atoms with Gasteiger partial charge in [0.15, 0.2) is 0 Å². The smallest absolute Gasteiger partial charge is 0.305 e. The van der Waals surface area contributed by atoms with Gasteiger partial charge in [-0.05, 0) is 30.2 Å². The molecule has 0 radical (unpaired) electrons. The van der Waals surface area contributed by atoms with E-state index in [0.717, 1.165) is 0 Å². The summed E-state index contributed by atoms with van der Waals surface area (Å²) in [5, 5.41) is 0. The Balaban J connectivity index is 2.43. The number of rotatable bonds is 6. The molecule has 0 aliphatic carbocycles. The first-order valence-corrected chi connectivity index (χ1v) is 6.28. The van der Waals surface area contributed by atoms with Crippen molar-refractivity contribution in [2.24, 2.45) is 0 Å². The highest BCUT2D eigenvalue weighted by Crippen LogP contribution is 2.06. The van der Waals surface area contributed by atoms with Crippen LogP contribution in [0.3, 0.4) is 0 Å². The van der Waals surface area contributed by atoms with Crippen molar-refractivity contribution < 1.29 is 18.7 Å². The Bertz CT molecular complexity index is 500. The quantitative estimate of drug-likeness (QED) is 0.592. The van der Waals surface area contributed by atoms with E-state index >= 15 is 0 Å². The van der Waals surface area contributed by atoms with Crippen LogP contribution in [0.1, 0.15) is 18.4 Å². The number of carbonyl (C=O) groups is 2. The zero-order valence-electron chi connectivity index (χ0n) is 11.6. The molecule has 0 heterocycles. The number of methoxy groups -OCH3 is 1. The number of ether oxygens (including phenoxy) is 1. The van der Waals surface area contributed by atoms with Gasteiger partial charge in [-0.2, -0.15) is 0 Å². The van der Waals surface area contributed by atoms with Crippen molar-refractivity contribution in [2.75, 3.05) is 20.7 Å². The number of amides is 1. The van der Waals surface area contributed by atoms with Gasteiger partial charge in [0, 0.05) is 26.1 Å². The molecule has 0 N–H and O–H groups in total. The lowest BCUT2D eigenvalue weighted by molar-refractivity contribution is -0.141. The fraction of sp³-hybridized carbons (Fsp3) is 0.333. The summed E-state index contributed by atoms with van der Waals surface area (Å²) in [4.78, 5) is 24.2. The molecule has 0 bridgehead atoms. The number of esters is 1. The molecule has 1 rings (SSSR count). The molecule has 0 unspecified atom stereocenters. The standard InChI is InChI=1S/C15H18FNO3/c1-17(10-4-7-15(19)20-2)14(18)9-8-12-5-3-6-13(16)11-12/h3,5-6,8-9,11H,4,7,10H2,1-2H3/b9-8+. The normalized spacial score (nSPS) is 10.6. The Kier molecular flexibility index (Phi) is 6.43. The number of hydrogen-bond acceptors (Lipinski definition) is 3. The predicted molar refractivity (Wildman–Crippen MR) is 74.3 cm³/mol. The molecule has 20 heavy (non-hydrogen) atoms. The van der Waals surface area contributed by atoms with Crippen LogP contribution < -0.4 is 0 Å². The molecule has 0 atom stereocenters. The summed E-state index contributed by atoms with van der Waals surface area (Å²) in [6.07, 6.45) is 3.76. The Labute approximate surface area is 117 Å². The van der Waals surface area contributed by atoms with Gasteiger partial charge in [0.25, 0.3) is 0 Å². The van der Waals surface area contributed by atoms with Crippen LogP contribution >= 0.6 is 0 Å². The highest BCUT2D eigenvalue weighted by Gasteiger charge is 2.06. The Morgan fingerprint density at radius 1 is 1.40 bits per heavy atom.